The summed E-state index contributed by atoms with van der Waals surface area (Å²) in [5.74, 6) is -0.340. The molecule has 0 bridgehead atoms. The number of aromatic nitrogens is 1. The van der Waals surface area contributed by atoms with Gasteiger partial charge in [-0.3, -0.25) is 0 Å². The molecule has 5 heteroatoms. The third kappa shape index (κ3) is 2.83. The van der Waals surface area contributed by atoms with E-state index in [0.717, 1.165) is 16.5 Å². The maximum absolute atomic E-state index is 11.5. The van der Waals surface area contributed by atoms with E-state index in [0.29, 0.717) is 17.3 Å². The van der Waals surface area contributed by atoms with Crippen LogP contribution < -0.4 is 0 Å². The molecule has 2 aromatic rings. The maximum atomic E-state index is 11.5. The molecule has 17 heavy (non-hydrogen) atoms. The molecule has 1 aromatic carbocycles. The van der Waals surface area contributed by atoms with Gasteiger partial charge in [-0.2, -0.15) is 0 Å². The second-order valence-corrected chi connectivity index (χ2v) is 4.00. The van der Waals surface area contributed by atoms with E-state index in [1.54, 1.807) is 13.0 Å². The van der Waals surface area contributed by atoms with Crippen LogP contribution in [-0.4, -0.2) is 17.6 Å². The first kappa shape index (κ1) is 14.1. The number of carbonyl (C=O) groups is 1. The van der Waals surface area contributed by atoms with Crippen LogP contribution in [0.5, 0.6) is 0 Å². The summed E-state index contributed by atoms with van der Waals surface area (Å²) in [6.07, 6.45) is 0. The molecule has 0 aliphatic carbocycles. The van der Waals surface area contributed by atoms with Crippen molar-refractivity contribution in [1.82, 2.24) is 4.98 Å². The predicted molar refractivity (Wildman–Crippen MR) is 64.0 cm³/mol. The Balaban J connectivity index is 0.00000144. The van der Waals surface area contributed by atoms with E-state index in [1.165, 1.54) is 0 Å². The van der Waals surface area contributed by atoms with Gasteiger partial charge in [-0.25, -0.2) is 4.79 Å². The largest absolute Gasteiger partial charge is 0.461 e. The number of carbonyl (C=O) groups excluding carboxylic acids is 1. The fourth-order valence-corrected chi connectivity index (χ4v) is 1.75. The van der Waals surface area contributed by atoms with Crippen LogP contribution in [-0.2, 0) is 21.8 Å². The van der Waals surface area contributed by atoms with Crippen molar-refractivity contribution in [3.8, 4) is 0 Å². The summed E-state index contributed by atoms with van der Waals surface area (Å²) in [5.41, 5.74) is 2.29. The Morgan fingerprint density at radius 2 is 2.12 bits per heavy atom. The summed E-state index contributed by atoms with van der Waals surface area (Å²) in [4.78, 5) is 14.5. The fraction of sp³-hybridized carbons (Fsp3) is 0.250. The number of ether oxygens (including phenoxy) is 1. The van der Waals surface area contributed by atoms with E-state index in [4.69, 9.17) is 16.3 Å². The van der Waals surface area contributed by atoms with Gasteiger partial charge < -0.3 is 9.72 Å². The zero-order valence-electron chi connectivity index (χ0n) is 9.49. The minimum absolute atomic E-state index is 0. The monoisotopic (exact) mass is 293 g/mol. The molecule has 92 valence electrons. The van der Waals surface area contributed by atoms with Crippen LogP contribution in [0.3, 0.4) is 0 Å². The number of rotatable bonds is 2. The van der Waals surface area contributed by atoms with Crippen molar-refractivity contribution in [2.24, 2.45) is 0 Å². The number of fused-ring (bicyclic) bond motifs is 1. The van der Waals surface area contributed by atoms with Crippen molar-refractivity contribution < 1.29 is 26.6 Å². The molecular weight excluding hydrogens is 281 g/mol. The molecule has 2 rings (SSSR count). The molecule has 0 spiro atoms. The standard InChI is InChI=1S/C12H12ClNO2.Fe/c1-3-16-12(15)11-5-8-4-7(2)9(13)6-10(8)14-11;/h4-6,14H,3H2,1-2H3;. The molecule has 0 saturated heterocycles. The molecule has 0 unspecified atom stereocenters. The summed E-state index contributed by atoms with van der Waals surface area (Å²) in [6, 6.07) is 5.53. The Morgan fingerprint density at radius 1 is 1.41 bits per heavy atom. The smallest absolute Gasteiger partial charge is 0.354 e. The number of hydrogen-bond acceptors (Lipinski definition) is 2. The van der Waals surface area contributed by atoms with E-state index in [9.17, 15) is 4.79 Å². The number of aromatic amines is 1. The Labute approximate surface area is 115 Å². The molecule has 1 aromatic heterocycles. The van der Waals surface area contributed by atoms with Crippen molar-refractivity contribution in [3.05, 3.63) is 34.5 Å². The Hall–Kier alpha value is -0.961. The number of nitrogens with one attached hydrogen (secondary N) is 1. The van der Waals surface area contributed by atoms with Crippen molar-refractivity contribution in [2.75, 3.05) is 6.61 Å². The van der Waals surface area contributed by atoms with Crippen molar-refractivity contribution in [3.63, 3.8) is 0 Å². The molecule has 0 aliphatic heterocycles. The first-order valence-corrected chi connectivity index (χ1v) is 5.45. The molecule has 0 aliphatic rings. The summed E-state index contributed by atoms with van der Waals surface area (Å²) in [7, 11) is 0. The van der Waals surface area contributed by atoms with E-state index < -0.39 is 0 Å². The minimum Gasteiger partial charge on any atom is -0.461 e. The van der Waals surface area contributed by atoms with Crippen LogP contribution in [0.2, 0.25) is 5.02 Å². The van der Waals surface area contributed by atoms with Crippen LogP contribution in [0.1, 0.15) is 23.0 Å². The topological polar surface area (TPSA) is 42.1 Å². The molecule has 0 fully saturated rings. The van der Waals surface area contributed by atoms with Crippen molar-refractivity contribution >= 4 is 28.5 Å². The van der Waals surface area contributed by atoms with Gasteiger partial charge >= 0.3 is 5.97 Å². The quantitative estimate of drug-likeness (QED) is 0.682. The predicted octanol–water partition coefficient (Wildman–Crippen LogP) is 3.30. The zero-order chi connectivity index (χ0) is 11.7. The zero-order valence-corrected chi connectivity index (χ0v) is 11.3. The third-order valence-electron chi connectivity index (χ3n) is 2.40. The van der Waals surface area contributed by atoms with E-state index >= 15 is 0 Å². The van der Waals surface area contributed by atoms with E-state index in [2.05, 4.69) is 4.98 Å². The molecule has 1 heterocycles. The molecule has 3 nitrogen and oxygen atoms in total. The Kier molecular flexibility index (Phi) is 4.63. The van der Waals surface area contributed by atoms with Gasteiger partial charge in [0.2, 0.25) is 0 Å². The number of aryl methyl sites for hydroxylation is 1. The van der Waals surface area contributed by atoms with E-state index in [1.807, 2.05) is 19.1 Å². The van der Waals surface area contributed by atoms with Crippen molar-refractivity contribution in [1.29, 1.82) is 0 Å². The average Bonchev–Trinajstić information content (AvgIpc) is 2.62. The molecule has 1 N–H and O–H groups in total. The van der Waals surface area contributed by atoms with Crippen LogP contribution in [0.25, 0.3) is 10.9 Å². The van der Waals surface area contributed by atoms with Crippen LogP contribution in [0, 0.1) is 6.92 Å². The molecule has 0 amide bonds. The molecule has 0 saturated carbocycles. The number of benzene rings is 1. The molecular formula is C12H12ClFeNO2. The van der Waals surface area contributed by atoms with Gasteiger partial charge in [0, 0.05) is 33.0 Å². The second kappa shape index (κ2) is 5.58. The average molecular weight is 294 g/mol. The van der Waals surface area contributed by atoms with Gasteiger partial charge in [0.25, 0.3) is 0 Å². The summed E-state index contributed by atoms with van der Waals surface area (Å²) in [6.45, 7) is 4.08. The Morgan fingerprint density at radius 3 is 2.76 bits per heavy atom. The number of H-pyrrole nitrogens is 1. The molecule has 0 atom stereocenters. The maximum Gasteiger partial charge on any atom is 0.354 e. The Bertz CT molecular complexity index is 512. The van der Waals surface area contributed by atoms with Gasteiger partial charge in [0.05, 0.1) is 6.61 Å². The number of esters is 1. The van der Waals surface area contributed by atoms with E-state index in [-0.39, 0.29) is 23.0 Å². The number of halogens is 1. The van der Waals surface area contributed by atoms with Gasteiger partial charge in [-0.15, -0.1) is 0 Å². The second-order valence-electron chi connectivity index (χ2n) is 3.59. The number of hydrogen-bond donors (Lipinski definition) is 1. The normalized spacial score (nSPS) is 10.1. The minimum atomic E-state index is -0.340. The first-order valence-electron chi connectivity index (χ1n) is 5.08. The fourth-order valence-electron chi connectivity index (χ4n) is 1.59. The van der Waals surface area contributed by atoms with Crippen molar-refractivity contribution in [2.45, 2.75) is 13.8 Å². The van der Waals surface area contributed by atoms with Gasteiger partial charge in [0.15, 0.2) is 0 Å². The van der Waals surface area contributed by atoms with Crippen LogP contribution >= 0.6 is 11.6 Å². The first-order chi connectivity index (χ1) is 7.61. The molecule has 0 radical (unpaired) electrons. The summed E-state index contributed by atoms with van der Waals surface area (Å²) >= 11 is 6.00. The SMILES string of the molecule is CCOC(=O)c1cc2cc(C)c(Cl)cc2[nH]1.[Fe]. The van der Waals surface area contributed by atoms with Gasteiger partial charge in [-0.05, 0) is 37.6 Å². The summed E-state index contributed by atoms with van der Waals surface area (Å²) < 4.78 is 4.91. The van der Waals surface area contributed by atoms with Gasteiger partial charge in [-0.1, -0.05) is 11.6 Å². The van der Waals surface area contributed by atoms with Crippen LogP contribution in [0.4, 0.5) is 0 Å². The van der Waals surface area contributed by atoms with Gasteiger partial charge in [0.1, 0.15) is 5.69 Å². The summed E-state index contributed by atoms with van der Waals surface area (Å²) in [5, 5.41) is 1.65. The van der Waals surface area contributed by atoms with Crippen LogP contribution in [0.15, 0.2) is 18.2 Å². The third-order valence-corrected chi connectivity index (χ3v) is 2.80.